The van der Waals surface area contributed by atoms with E-state index in [4.69, 9.17) is 0 Å². The number of halogens is 2. The van der Waals surface area contributed by atoms with Gasteiger partial charge in [-0.2, -0.15) is 0 Å². The first-order chi connectivity index (χ1) is 6.57. The molecule has 0 N–H and O–H groups in total. The van der Waals surface area contributed by atoms with Gasteiger partial charge in [0.25, 0.3) is 0 Å². The Bertz CT molecular complexity index is 352. The van der Waals surface area contributed by atoms with Crippen LogP contribution in [0.4, 0.5) is 0 Å². The average Bonchev–Trinajstić information content (AvgIpc) is 2.16. The van der Waals surface area contributed by atoms with Gasteiger partial charge in [-0.3, -0.25) is 4.79 Å². The van der Waals surface area contributed by atoms with Crippen molar-refractivity contribution in [3.63, 3.8) is 0 Å². The molecule has 1 nitrogen and oxygen atoms in total. The molecule has 0 aliphatic carbocycles. The summed E-state index contributed by atoms with van der Waals surface area (Å²) >= 11 is 8.50. The Balaban J connectivity index is 3.20. The number of thioether (sulfide) groups is 1. The number of carbonyl (C=O) groups is 1. The predicted molar refractivity (Wildman–Crippen MR) is 68.3 cm³/mol. The average molecular weight is 338 g/mol. The van der Waals surface area contributed by atoms with E-state index in [-0.39, 0.29) is 10.6 Å². The summed E-state index contributed by atoms with van der Waals surface area (Å²) in [6.07, 6.45) is 2.00. The van der Waals surface area contributed by atoms with Crippen molar-refractivity contribution in [1.29, 1.82) is 0 Å². The molecule has 1 aromatic carbocycles. The first kappa shape index (κ1) is 12.3. The minimum Gasteiger partial charge on any atom is -0.298 e. The Morgan fingerprint density at radius 2 is 2.14 bits per heavy atom. The number of carbonyl (C=O) groups excluding carboxylic acids is 1. The van der Waals surface area contributed by atoms with Crippen LogP contribution in [-0.2, 0) is 4.79 Å². The fourth-order valence-electron chi connectivity index (χ4n) is 1.16. The molecule has 0 bridgehead atoms. The molecular formula is C10H10Br2OS. The maximum Gasteiger partial charge on any atom is 0.147 e. The zero-order valence-corrected chi connectivity index (χ0v) is 11.9. The molecule has 0 heterocycles. The van der Waals surface area contributed by atoms with Gasteiger partial charge in [0.2, 0.25) is 0 Å². The van der Waals surface area contributed by atoms with Gasteiger partial charge in [-0.1, -0.05) is 28.1 Å². The molecule has 1 rings (SSSR count). The Labute approximate surface area is 105 Å². The van der Waals surface area contributed by atoms with E-state index in [0.717, 1.165) is 14.9 Å². The van der Waals surface area contributed by atoms with Crippen molar-refractivity contribution in [3.8, 4) is 0 Å². The first-order valence-electron chi connectivity index (χ1n) is 4.05. The van der Waals surface area contributed by atoms with Gasteiger partial charge in [0.05, 0.1) is 4.83 Å². The summed E-state index contributed by atoms with van der Waals surface area (Å²) in [5, 5.41) is 0. The maximum atomic E-state index is 11.3. The van der Waals surface area contributed by atoms with Gasteiger partial charge in [-0.25, -0.2) is 0 Å². The first-order valence-corrected chi connectivity index (χ1v) is 6.98. The van der Waals surface area contributed by atoms with Crippen molar-refractivity contribution >= 4 is 49.4 Å². The lowest BCUT2D eigenvalue weighted by Gasteiger charge is -2.12. The van der Waals surface area contributed by atoms with Gasteiger partial charge in [0.1, 0.15) is 5.78 Å². The highest BCUT2D eigenvalue weighted by atomic mass is 79.9. The summed E-state index contributed by atoms with van der Waals surface area (Å²) < 4.78 is 1.04. The third kappa shape index (κ3) is 2.61. The topological polar surface area (TPSA) is 17.1 Å². The second-order valence-corrected chi connectivity index (χ2v) is 5.42. The van der Waals surface area contributed by atoms with Crippen LogP contribution in [0.1, 0.15) is 17.3 Å². The van der Waals surface area contributed by atoms with Crippen LogP contribution in [0.25, 0.3) is 0 Å². The molecule has 1 unspecified atom stereocenters. The van der Waals surface area contributed by atoms with E-state index in [0.29, 0.717) is 0 Å². The molecule has 1 atom stereocenters. The van der Waals surface area contributed by atoms with Gasteiger partial charge in [-0.15, -0.1) is 11.8 Å². The zero-order chi connectivity index (χ0) is 10.7. The van der Waals surface area contributed by atoms with Gasteiger partial charge < -0.3 is 0 Å². The summed E-state index contributed by atoms with van der Waals surface area (Å²) in [5.41, 5.74) is 1.03. The van der Waals surface area contributed by atoms with E-state index in [1.54, 1.807) is 18.7 Å². The van der Waals surface area contributed by atoms with Gasteiger partial charge in [0, 0.05) is 9.37 Å². The number of hydrogen-bond acceptors (Lipinski definition) is 2. The second kappa shape index (κ2) is 5.33. The van der Waals surface area contributed by atoms with Crippen molar-refractivity contribution in [2.24, 2.45) is 0 Å². The van der Waals surface area contributed by atoms with E-state index in [1.807, 2.05) is 24.5 Å². The number of rotatable bonds is 3. The van der Waals surface area contributed by atoms with Crippen molar-refractivity contribution < 1.29 is 4.79 Å². The number of alkyl halides is 1. The van der Waals surface area contributed by atoms with Crippen molar-refractivity contribution in [2.45, 2.75) is 16.6 Å². The van der Waals surface area contributed by atoms with Crippen LogP contribution in [0.5, 0.6) is 0 Å². The second-order valence-electron chi connectivity index (χ2n) is 2.84. The van der Waals surface area contributed by atoms with Gasteiger partial charge in [0.15, 0.2) is 0 Å². The summed E-state index contributed by atoms with van der Waals surface area (Å²) in [6.45, 7) is 1.59. The van der Waals surface area contributed by atoms with E-state index < -0.39 is 0 Å². The highest BCUT2D eigenvalue weighted by molar-refractivity contribution is 9.10. The fourth-order valence-corrected chi connectivity index (χ4v) is 3.24. The molecule has 14 heavy (non-hydrogen) atoms. The lowest BCUT2D eigenvalue weighted by atomic mass is 10.1. The third-order valence-corrected chi connectivity index (χ3v) is 4.76. The van der Waals surface area contributed by atoms with Gasteiger partial charge >= 0.3 is 0 Å². The van der Waals surface area contributed by atoms with Crippen molar-refractivity contribution in [3.05, 3.63) is 28.2 Å². The number of Topliss-reactive ketones (excluding diaryl/α,β-unsaturated/α-hetero) is 1. The van der Waals surface area contributed by atoms with Crippen LogP contribution >= 0.6 is 43.6 Å². The SMILES string of the molecule is CSc1c(Br)cccc1C(Br)C(C)=O. The van der Waals surface area contributed by atoms with E-state index >= 15 is 0 Å². The Kier molecular flexibility index (Phi) is 4.67. The molecule has 0 spiro atoms. The van der Waals surface area contributed by atoms with E-state index in [9.17, 15) is 4.79 Å². The molecular weight excluding hydrogens is 328 g/mol. The molecule has 0 aromatic heterocycles. The van der Waals surface area contributed by atoms with Gasteiger partial charge in [-0.05, 0) is 40.7 Å². The van der Waals surface area contributed by atoms with Crippen LogP contribution in [0.3, 0.4) is 0 Å². The molecule has 0 radical (unpaired) electrons. The largest absolute Gasteiger partial charge is 0.298 e. The summed E-state index contributed by atoms with van der Waals surface area (Å²) in [4.78, 5) is 12.2. The smallest absolute Gasteiger partial charge is 0.147 e. The normalized spacial score (nSPS) is 12.6. The lowest BCUT2D eigenvalue weighted by Crippen LogP contribution is -2.02. The highest BCUT2D eigenvalue weighted by Crippen LogP contribution is 2.36. The van der Waals surface area contributed by atoms with E-state index in [2.05, 4.69) is 31.9 Å². The van der Waals surface area contributed by atoms with Crippen LogP contribution < -0.4 is 0 Å². The molecule has 0 aliphatic rings. The molecule has 76 valence electrons. The van der Waals surface area contributed by atoms with Crippen LogP contribution in [-0.4, -0.2) is 12.0 Å². The zero-order valence-electron chi connectivity index (χ0n) is 7.88. The summed E-state index contributed by atoms with van der Waals surface area (Å²) in [7, 11) is 0. The number of hydrogen-bond donors (Lipinski definition) is 0. The molecule has 0 saturated heterocycles. The molecule has 0 fully saturated rings. The Morgan fingerprint density at radius 1 is 1.50 bits per heavy atom. The minimum atomic E-state index is -0.206. The van der Waals surface area contributed by atoms with Crippen molar-refractivity contribution in [2.75, 3.05) is 6.26 Å². The standard InChI is InChI=1S/C10H10Br2OS/c1-6(13)9(12)7-4-3-5-8(11)10(7)14-2/h3-5,9H,1-2H3. The number of benzene rings is 1. The Hall–Kier alpha value is 0.200. The summed E-state index contributed by atoms with van der Waals surface area (Å²) in [5.74, 6) is 0.124. The fraction of sp³-hybridized carbons (Fsp3) is 0.300. The summed E-state index contributed by atoms with van der Waals surface area (Å²) in [6, 6.07) is 5.89. The molecule has 4 heteroatoms. The third-order valence-electron chi connectivity index (χ3n) is 1.83. The molecule has 0 aliphatic heterocycles. The maximum absolute atomic E-state index is 11.3. The van der Waals surface area contributed by atoms with Crippen LogP contribution in [0.15, 0.2) is 27.6 Å². The monoisotopic (exact) mass is 336 g/mol. The van der Waals surface area contributed by atoms with Crippen LogP contribution in [0.2, 0.25) is 0 Å². The molecule has 0 amide bonds. The highest BCUT2D eigenvalue weighted by Gasteiger charge is 2.17. The molecule has 0 saturated carbocycles. The van der Waals surface area contributed by atoms with E-state index in [1.165, 1.54) is 0 Å². The lowest BCUT2D eigenvalue weighted by molar-refractivity contribution is -0.116. The van der Waals surface area contributed by atoms with Crippen molar-refractivity contribution in [1.82, 2.24) is 0 Å². The van der Waals surface area contributed by atoms with Crippen LogP contribution in [0, 0.1) is 0 Å². The Morgan fingerprint density at radius 3 is 2.64 bits per heavy atom. The minimum absolute atomic E-state index is 0.124. The number of ketones is 1. The molecule has 1 aromatic rings. The quantitative estimate of drug-likeness (QED) is 0.607. The predicted octanol–water partition coefficient (Wildman–Crippen LogP) is 4.20.